The average molecular weight is 654 g/mol. The summed E-state index contributed by atoms with van der Waals surface area (Å²) < 4.78 is 4.86. The van der Waals surface area contributed by atoms with Gasteiger partial charge in [-0.1, -0.05) is 133 Å². The van der Waals surface area contributed by atoms with Crippen LogP contribution in [0.15, 0.2) is 164 Å². The average Bonchev–Trinajstić information content (AvgIpc) is 3.75. The highest BCUT2D eigenvalue weighted by molar-refractivity contribution is 7.27. The molecule has 0 spiro atoms. The zero-order valence-corrected chi connectivity index (χ0v) is 27.7. The van der Waals surface area contributed by atoms with Gasteiger partial charge in [-0.25, -0.2) is 9.97 Å². The molecule has 11 rings (SSSR count). The minimum absolute atomic E-state index is 0.678. The smallest absolute Gasteiger partial charge is 0.235 e. The molecule has 4 heteroatoms. The summed E-state index contributed by atoms with van der Waals surface area (Å²) in [6.07, 6.45) is 0. The SMILES string of the molecule is c1ccc(-c2ccc3ccc(-c4nc(-n5c6ccccc6c6c7ccccc7c7c8ccccc8sc7c65)nc5ccccc45)cc3c2)cc1. The Hall–Kier alpha value is -6.36. The van der Waals surface area contributed by atoms with Gasteiger partial charge in [-0.3, -0.25) is 4.57 Å². The molecule has 0 aliphatic carbocycles. The molecule has 0 fully saturated rings. The van der Waals surface area contributed by atoms with Gasteiger partial charge in [0.1, 0.15) is 0 Å². The summed E-state index contributed by atoms with van der Waals surface area (Å²) in [4.78, 5) is 10.8. The third kappa shape index (κ3) is 3.97. The van der Waals surface area contributed by atoms with Crippen LogP contribution < -0.4 is 0 Å². The molecule has 0 aliphatic rings. The van der Waals surface area contributed by atoms with E-state index in [-0.39, 0.29) is 0 Å². The highest BCUT2D eigenvalue weighted by Crippen LogP contribution is 2.47. The Balaban J connectivity index is 1.25. The fourth-order valence-electron chi connectivity index (χ4n) is 7.92. The van der Waals surface area contributed by atoms with Crippen LogP contribution in [-0.4, -0.2) is 14.5 Å². The molecule has 0 aliphatic heterocycles. The molecule has 50 heavy (non-hydrogen) atoms. The molecule has 0 bridgehead atoms. The molecule has 3 nitrogen and oxygen atoms in total. The van der Waals surface area contributed by atoms with Crippen molar-refractivity contribution in [3.63, 3.8) is 0 Å². The third-order valence-corrected chi connectivity index (χ3v) is 11.3. The van der Waals surface area contributed by atoms with Crippen LogP contribution in [0.4, 0.5) is 0 Å². The van der Waals surface area contributed by atoms with Crippen LogP contribution in [0.1, 0.15) is 0 Å². The number of aromatic nitrogens is 3. The minimum Gasteiger partial charge on any atom is -0.276 e. The van der Waals surface area contributed by atoms with E-state index in [1.165, 1.54) is 63.6 Å². The maximum absolute atomic E-state index is 5.50. The van der Waals surface area contributed by atoms with Crippen molar-refractivity contribution < 1.29 is 0 Å². The number of rotatable bonds is 3. The molecular formula is C46H27N3S. The van der Waals surface area contributed by atoms with Gasteiger partial charge in [-0.2, -0.15) is 0 Å². The van der Waals surface area contributed by atoms with E-state index in [1.54, 1.807) is 0 Å². The number of hydrogen-bond donors (Lipinski definition) is 0. The second-order valence-corrected chi connectivity index (χ2v) is 14.0. The maximum Gasteiger partial charge on any atom is 0.235 e. The molecule has 0 unspecified atom stereocenters. The lowest BCUT2D eigenvalue weighted by Crippen LogP contribution is -2.03. The molecule has 0 saturated heterocycles. The molecule has 0 saturated carbocycles. The van der Waals surface area contributed by atoms with Crippen LogP contribution in [-0.2, 0) is 0 Å². The topological polar surface area (TPSA) is 30.7 Å². The Bertz CT molecular complexity index is 3150. The molecule has 232 valence electrons. The molecule has 0 amide bonds. The predicted molar refractivity (Wildman–Crippen MR) is 213 cm³/mol. The second kappa shape index (κ2) is 10.6. The number of fused-ring (bicyclic) bond motifs is 12. The van der Waals surface area contributed by atoms with Gasteiger partial charge in [-0.05, 0) is 63.0 Å². The van der Waals surface area contributed by atoms with E-state index in [2.05, 4.69) is 168 Å². The first kappa shape index (κ1) is 27.6. The molecule has 0 atom stereocenters. The first-order chi connectivity index (χ1) is 24.8. The first-order valence-corrected chi connectivity index (χ1v) is 17.7. The monoisotopic (exact) mass is 653 g/mol. The van der Waals surface area contributed by atoms with Crippen molar-refractivity contribution in [2.75, 3.05) is 0 Å². The zero-order valence-electron chi connectivity index (χ0n) is 26.8. The Morgan fingerprint density at radius 2 is 1.08 bits per heavy atom. The highest BCUT2D eigenvalue weighted by Gasteiger charge is 2.23. The summed E-state index contributed by atoms with van der Waals surface area (Å²) in [7, 11) is 0. The predicted octanol–water partition coefficient (Wildman–Crippen LogP) is 12.7. The van der Waals surface area contributed by atoms with E-state index in [1.807, 2.05) is 11.3 Å². The van der Waals surface area contributed by atoms with Crippen LogP contribution in [0, 0.1) is 0 Å². The Kier molecular flexibility index (Phi) is 5.83. The minimum atomic E-state index is 0.678. The van der Waals surface area contributed by atoms with Crippen molar-refractivity contribution in [2.24, 2.45) is 0 Å². The summed E-state index contributed by atoms with van der Waals surface area (Å²) in [5.74, 6) is 0.678. The van der Waals surface area contributed by atoms with Crippen molar-refractivity contribution in [3.05, 3.63) is 164 Å². The van der Waals surface area contributed by atoms with E-state index in [0.717, 1.165) is 33.2 Å². The van der Waals surface area contributed by atoms with Gasteiger partial charge in [0.2, 0.25) is 5.95 Å². The number of nitrogens with zero attached hydrogens (tertiary/aromatic N) is 3. The van der Waals surface area contributed by atoms with Gasteiger partial charge in [0, 0.05) is 37.2 Å². The molecule has 3 aromatic heterocycles. The third-order valence-electron chi connectivity index (χ3n) is 10.2. The lowest BCUT2D eigenvalue weighted by Gasteiger charge is -2.13. The van der Waals surface area contributed by atoms with Crippen molar-refractivity contribution in [3.8, 4) is 28.3 Å². The summed E-state index contributed by atoms with van der Waals surface area (Å²) in [6, 6.07) is 58.7. The lowest BCUT2D eigenvalue weighted by atomic mass is 9.98. The molecular weight excluding hydrogens is 627 g/mol. The van der Waals surface area contributed by atoms with Crippen molar-refractivity contribution in [1.29, 1.82) is 0 Å². The molecule has 11 aromatic rings. The van der Waals surface area contributed by atoms with Crippen LogP contribution in [0.5, 0.6) is 0 Å². The van der Waals surface area contributed by atoms with E-state index in [4.69, 9.17) is 9.97 Å². The van der Waals surface area contributed by atoms with Crippen LogP contribution in [0.25, 0.3) is 103 Å². The number of thiophene rings is 1. The number of benzene rings is 8. The van der Waals surface area contributed by atoms with Crippen LogP contribution in [0.3, 0.4) is 0 Å². The normalized spacial score (nSPS) is 12.0. The van der Waals surface area contributed by atoms with E-state index < -0.39 is 0 Å². The summed E-state index contributed by atoms with van der Waals surface area (Å²) in [6.45, 7) is 0. The highest BCUT2D eigenvalue weighted by atomic mass is 32.1. The Labute approximate surface area is 291 Å². The second-order valence-electron chi connectivity index (χ2n) is 13.0. The van der Waals surface area contributed by atoms with Crippen molar-refractivity contribution in [2.45, 2.75) is 0 Å². The quantitative estimate of drug-likeness (QED) is 0.190. The number of para-hydroxylation sites is 2. The van der Waals surface area contributed by atoms with Gasteiger partial charge in [0.25, 0.3) is 0 Å². The molecule has 3 heterocycles. The fourth-order valence-corrected chi connectivity index (χ4v) is 9.18. The zero-order chi connectivity index (χ0) is 32.8. The van der Waals surface area contributed by atoms with Gasteiger partial charge in [-0.15, -0.1) is 11.3 Å². The summed E-state index contributed by atoms with van der Waals surface area (Å²) >= 11 is 1.86. The van der Waals surface area contributed by atoms with Crippen molar-refractivity contribution in [1.82, 2.24) is 14.5 Å². The maximum atomic E-state index is 5.50. The first-order valence-electron chi connectivity index (χ1n) is 16.9. The van der Waals surface area contributed by atoms with Gasteiger partial charge in [0.15, 0.2) is 0 Å². The molecule has 0 N–H and O–H groups in total. The van der Waals surface area contributed by atoms with E-state index >= 15 is 0 Å². The number of hydrogen-bond acceptors (Lipinski definition) is 3. The van der Waals surface area contributed by atoms with Gasteiger partial charge < -0.3 is 0 Å². The summed E-state index contributed by atoms with van der Waals surface area (Å²) in [5, 5.41) is 11.0. The Morgan fingerprint density at radius 3 is 1.92 bits per heavy atom. The lowest BCUT2D eigenvalue weighted by molar-refractivity contribution is 1.02. The van der Waals surface area contributed by atoms with Crippen molar-refractivity contribution >= 4 is 85.8 Å². The summed E-state index contributed by atoms with van der Waals surface area (Å²) in [5.41, 5.74) is 7.59. The van der Waals surface area contributed by atoms with Crippen LogP contribution >= 0.6 is 11.3 Å². The molecule has 8 aromatic carbocycles. The molecule has 0 radical (unpaired) electrons. The Morgan fingerprint density at radius 1 is 0.440 bits per heavy atom. The van der Waals surface area contributed by atoms with E-state index in [0.29, 0.717) is 5.95 Å². The van der Waals surface area contributed by atoms with Gasteiger partial charge in [0.05, 0.1) is 26.9 Å². The fraction of sp³-hybridized carbons (Fsp3) is 0. The van der Waals surface area contributed by atoms with Crippen LogP contribution in [0.2, 0.25) is 0 Å². The van der Waals surface area contributed by atoms with E-state index in [9.17, 15) is 0 Å². The largest absolute Gasteiger partial charge is 0.276 e. The van der Waals surface area contributed by atoms with Gasteiger partial charge >= 0.3 is 0 Å². The standard InChI is InChI=1S/C46H27N3S/c1-2-12-28(13-3-1)30-24-22-29-23-25-31(27-32(29)26-30)43-35-16-6-9-19-38(35)47-46(48-43)49-39-20-10-7-17-36(39)41-33-14-4-5-15-34(33)42-37-18-8-11-21-40(37)50-45(42)44(41)49/h1-27H.